The zero-order chi connectivity index (χ0) is 14.4. The minimum Gasteiger partial charge on any atom is -0.468 e. The second-order valence-electron chi connectivity index (χ2n) is 4.51. The summed E-state index contributed by atoms with van der Waals surface area (Å²) in [5, 5.41) is 5.29. The molecule has 0 aliphatic heterocycles. The highest BCUT2D eigenvalue weighted by molar-refractivity contribution is 7.09. The van der Waals surface area contributed by atoms with Crippen LogP contribution in [0.2, 0.25) is 0 Å². The minimum atomic E-state index is -0.423. The molecular weight excluding hydrogens is 270 g/mol. The van der Waals surface area contributed by atoms with Crippen LogP contribution in [0.3, 0.4) is 0 Å². The van der Waals surface area contributed by atoms with Crippen LogP contribution in [0.15, 0.2) is 41.8 Å². The van der Waals surface area contributed by atoms with E-state index in [0.29, 0.717) is 6.54 Å². The average molecular weight is 289 g/mol. The molecular formula is C16H19NO2S. The predicted octanol–water partition coefficient (Wildman–Crippen LogP) is 3.31. The molecule has 1 aromatic carbocycles. The summed E-state index contributed by atoms with van der Waals surface area (Å²) in [5.74, 6) is -0.259. The van der Waals surface area contributed by atoms with Gasteiger partial charge in [0.15, 0.2) is 0 Å². The van der Waals surface area contributed by atoms with E-state index >= 15 is 0 Å². The molecule has 0 aliphatic carbocycles. The third-order valence-electron chi connectivity index (χ3n) is 3.22. The molecule has 1 atom stereocenters. The van der Waals surface area contributed by atoms with E-state index in [1.807, 2.05) is 29.6 Å². The van der Waals surface area contributed by atoms with Gasteiger partial charge in [-0.2, -0.15) is 0 Å². The standard InChI is InChI=1S/C16H19NO2S/c1-3-12-6-8-13(9-7-12)15(16(18)19-2)17-11-14-5-4-10-20-14/h4-10,15,17H,3,11H2,1-2H3. The molecule has 0 radical (unpaired) electrons. The van der Waals surface area contributed by atoms with Crippen LogP contribution in [0.1, 0.15) is 29.0 Å². The van der Waals surface area contributed by atoms with E-state index < -0.39 is 6.04 Å². The molecule has 1 heterocycles. The van der Waals surface area contributed by atoms with E-state index in [0.717, 1.165) is 12.0 Å². The molecule has 0 aliphatic rings. The van der Waals surface area contributed by atoms with E-state index in [2.05, 4.69) is 24.4 Å². The van der Waals surface area contributed by atoms with Crippen molar-refractivity contribution in [2.24, 2.45) is 0 Å². The zero-order valence-electron chi connectivity index (χ0n) is 11.8. The fourth-order valence-electron chi connectivity index (χ4n) is 2.02. The molecule has 3 nitrogen and oxygen atoms in total. The smallest absolute Gasteiger partial charge is 0.327 e. The van der Waals surface area contributed by atoms with Crippen LogP contribution in [0, 0.1) is 0 Å². The number of hydrogen-bond donors (Lipinski definition) is 1. The van der Waals surface area contributed by atoms with Crippen LogP contribution in [0.25, 0.3) is 0 Å². The third-order valence-corrected chi connectivity index (χ3v) is 4.10. The van der Waals surface area contributed by atoms with Crippen LogP contribution in [-0.2, 0) is 22.5 Å². The Balaban J connectivity index is 2.11. The van der Waals surface area contributed by atoms with Gasteiger partial charge in [0.1, 0.15) is 6.04 Å². The third kappa shape index (κ3) is 3.68. The number of carbonyl (C=O) groups excluding carboxylic acids is 1. The van der Waals surface area contributed by atoms with Crippen molar-refractivity contribution in [2.75, 3.05) is 7.11 Å². The molecule has 0 saturated heterocycles. The molecule has 1 aromatic heterocycles. The van der Waals surface area contributed by atoms with Crippen LogP contribution >= 0.6 is 11.3 Å². The van der Waals surface area contributed by atoms with Gasteiger partial charge in [0, 0.05) is 11.4 Å². The van der Waals surface area contributed by atoms with Crippen molar-refractivity contribution in [3.05, 3.63) is 57.8 Å². The van der Waals surface area contributed by atoms with Crippen molar-refractivity contribution in [1.82, 2.24) is 5.32 Å². The first kappa shape index (κ1) is 14.8. The summed E-state index contributed by atoms with van der Waals surface area (Å²) < 4.78 is 4.90. The fraction of sp³-hybridized carbons (Fsp3) is 0.312. The highest BCUT2D eigenvalue weighted by Crippen LogP contribution is 2.18. The van der Waals surface area contributed by atoms with Gasteiger partial charge in [0.2, 0.25) is 0 Å². The Morgan fingerprint density at radius 1 is 1.30 bits per heavy atom. The summed E-state index contributed by atoms with van der Waals surface area (Å²) in [7, 11) is 1.42. The summed E-state index contributed by atoms with van der Waals surface area (Å²) in [6, 6.07) is 11.7. The highest BCUT2D eigenvalue weighted by Gasteiger charge is 2.20. The summed E-state index contributed by atoms with van der Waals surface area (Å²) >= 11 is 1.67. The number of nitrogens with one attached hydrogen (secondary N) is 1. The van der Waals surface area contributed by atoms with Crippen molar-refractivity contribution in [3.8, 4) is 0 Å². The lowest BCUT2D eigenvalue weighted by atomic mass is 10.0. The number of carbonyl (C=O) groups is 1. The molecule has 0 saturated carbocycles. The minimum absolute atomic E-state index is 0.259. The molecule has 2 aromatic rings. The van der Waals surface area contributed by atoms with Crippen LogP contribution < -0.4 is 5.32 Å². The van der Waals surface area contributed by atoms with Gasteiger partial charge < -0.3 is 4.74 Å². The Morgan fingerprint density at radius 2 is 2.05 bits per heavy atom. The number of aryl methyl sites for hydroxylation is 1. The van der Waals surface area contributed by atoms with Gasteiger partial charge in [-0.25, -0.2) is 4.79 Å². The van der Waals surface area contributed by atoms with Gasteiger partial charge in [-0.3, -0.25) is 5.32 Å². The molecule has 2 rings (SSSR count). The second-order valence-corrected chi connectivity index (χ2v) is 5.54. The van der Waals surface area contributed by atoms with Gasteiger partial charge >= 0.3 is 5.97 Å². The second kappa shape index (κ2) is 7.22. The van der Waals surface area contributed by atoms with Crippen LogP contribution in [-0.4, -0.2) is 13.1 Å². The van der Waals surface area contributed by atoms with Crippen molar-refractivity contribution in [3.63, 3.8) is 0 Å². The number of thiophene rings is 1. The van der Waals surface area contributed by atoms with Crippen molar-refractivity contribution >= 4 is 17.3 Å². The molecule has 1 unspecified atom stereocenters. The molecule has 106 valence electrons. The molecule has 0 amide bonds. The lowest BCUT2D eigenvalue weighted by molar-refractivity contribution is -0.143. The maximum atomic E-state index is 11.9. The first-order valence-corrected chi connectivity index (χ1v) is 7.55. The highest BCUT2D eigenvalue weighted by atomic mass is 32.1. The molecule has 1 N–H and O–H groups in total. The molecule has 0 fully saturated rings. The Labute approximate surface area is 123 Å². The Morgan fingerprint density at radius 3 is 2.60 bits per heavy atom. The maximum absolute atomic E-state index is 11.9. The van der Waals surface area contributed by atoms with Gasteiger partial charge in [-0.1, -0.05) is 37.3 Å². The summed E-state index contributed by atoms with van der Waals surface area (Å²) in [5.41, 5.74) is 2.20. The average Bonchev–Trinajstić information content (AvgIpc) is 3.01. The Bertz CT molecular complexity index is 534. The van der Waals surface area contributed by atoms with Gasteiger partial charge in [0.05, 0.1) is 7.11 Å². The van der Waals surface area contributed by atoms with Crippen LogP contribution in [0.5, 0.6) is 0 Å². The largest absolute Gasteiger partial charge is 0.468 e. The van der Waals surface area contributed by atoms with Crippen LogP contribution in [0.4, 0.5) is 0 Å². The van der Waals surface area contributed by atoms with Gasteiger partial charge in [-0.15, -0.1) is 11.3 Å². The molecule has 20 heavy (non-hydrogen) atoms. The molecule has 4 heteroatoms. The first-order chi connectivity index (χ1) is 9.74. The fourth-order valence-corrected chi connectivity index (χ4v) is 2.67. The summed E-state index contributed by atoms with van der Waals surface area (Å²) in [4.78, 5) is 13.1. The summed E-state index contributed by atoms with van der Waals surface area (Å²) in [6.07, 6.45) is 0.992. The van der Waals surface area contributed by atoms with Gasteiger partial charge in [0.25, 0.3) is 0 Å². The van der Waals surface area contributed by atoms with E-state index in [1.54, 1.807) is 11.3 Å². The maximum Gasteiger partial charge on any atom is 0.327 e. The quantitative estimate of drug-likeness (QED) is 0.829. The molecule has 0 spiro atoms. The van der Waals surface area contributed by atoms with Gasteiger partial charge in [-0.05, 0) is 29.0 Å². The number of methoxy groups -OCH3 is 1. The number of esters is 1. The van der Waals surface area contributed by atoms with E-state index in [1.165, 1.54) is 17.6 Å². The van der Waals surface area contributed by atoms with Crippen molar-refractivity contribution in [2.45, 2.75) is 25.9 Å². The lowest BCUT2D eigenvalue weighted by Crippen LogP contribution is -2.29. The lowest BCUT2D eigenvalue weighted by Gasteiger charge is -2.16. The topological polar surface area (TPSA) is 38.3 Å². The van der Waals surface area contributed by atoms with E-state index in [4.69, 9.17) is 4.74 Å². The predicted molar refractivity (Wildman–Crippen MR) is 81.7 cm³/mol. The Kier molecular flexibility index (Phi) is 5.32. The van der Waals surface area contributed by atoms with E-state index in [9.17, 15) is 4.79 Å². The number of ether oxygens (including phenoxy) is 1. The molecule has 0 bridgehead atoms. The van der Waals surface area contributed by atoms with E-state index in [-0.39, 0.29) is 5.97 Å². The number of hydrogen-bond acceptors (Lipinski definition) is 4. The first-order valence-electron chi connectivity index (χ1n) is 6.67. The monoisotopic (exact) mass is 289 g/mol. The normalized spacial score (nSPS) is 12.1. The van der Waals surface area contributed by atoms with Crippen molar-refractivity contribution in [1.29, 1.82) is 0 Å². The summed E-state index contributed by atoms with van der Waals surface area (Å²) in [6.45, 7) is 2.77. The van der Waals surface area contributed by atoms with Crippen molar-refractivity contribution < 1.29 is 9.53 Å². The number of rotatable bonds is 6. The number of benzene rings is 1. The Hall–Kier alpha value is -1.65. The zero-order valence-corrected chi connectivity index (χ0v) is 12.6. The SMILES string of the molecule is CCc1ccc(C(NCc2cccs2)C(=O)OC)cc1.